The molecule has 0 bridgehead atoms. The van der Waals surface area contributed by atoms with Gasteiger partial charge in [-0.05, 0) is 70.7 Å². The van der Waals surface area contributed by atoms with Crippen LogP contribution >= 0.6 is 0 Å². The smallest absolute Gasteiger partial charge is 0.410 e. The van der Waals surface area contributed by atoms with Crippen LogP contribution in [-0.4, -0.2) is 51.9 Å². The van der Waals surface area contributed by atoms with Crippen molar-refractivity contribution in [3.05, 3.63) is 52.5 Å². The van der Waals surface area contributed by atoms with E-state index < -0.39 is 5.60 Å². The summed E-state index contributed by atoms with van der Waals surface area (Å²) in [4.78, 5) is 26.9. The van der Waals surface area contributed by atoms with Crippen molar-refractivity contribution in [2.24, 2.45) is 5.92 Å². The molecule has 0 spiro atoms. The number of amides is 2. The van der Waals surface area contributed by atoms with Crippen molar-refractivity contribution in [2.75, 3.05) is 19.6 Å². The van der Waals surface area contributed by atoms with E-state index in [1.807, 2.05) is 45.9 Å². The maximum Gasteiger partial charge on any atom is 0.410 e. The number of benzene rings is 1. The molecule has 1 aliphatic heterocycles. The first kappa shape index (κ1) is 27.2. The standard InChI is InChI=1S/C29H37N5O4/c1-18(2)25-14-22-12-21(15-30)13-23(26(22)37-25)17-34-19(3)11-24(32-34)27(35)31-16-20-7-9-33(10-8-20)28(36)38-29(4,5)6/h11-14,18,20H,7-10,16-17H2,1-6H3,(H,31,35). The number of ether oxygens (including phenoxy) is 1. The predicted molar refractivity (Wildman–Crippen MR) is 144 cm³/mol. The molecule has 202 valence electrons. The summed E-state index contributed by atoms with van der Waals surface area (Å²) in [5.41, 5.74) is 2.83. The van der Waals surface area contributed by atoms with E-state index in [1.165, 1.54) is 0 Å². The van der Waals surface area contributed by atoms with Gasteiger partial charge in [-0.25, -0.2) is 4.79 Å². The summed E-state index contributed by atoms with van der Waals surface area (Å²) in [6, 6.07) is 9.63. The van der Waals surface area contributed by atoms with Crippen LogP contribution in [0.25, 0.3) is 11.0 Å². The minimum Gasteiger partial charge on any atom is -0.460 e. The van der Waals surface area contributed by atoms with Gasteiger partial charge in [0.1, 0.15) is 22.6 Å². The number of aryl methyl sites for hydroxylation is 1. The SMILES string of the molecule is Cc1cc(C(=O)NCC2CCN(C(=O)OC(C)(C)C)CC2)nn1Cc1cc(C#N)cc2cc(C(C)C)oc12. The average molecular weight is 520 g/mol. The molecule has 0 aliphatic carbocycles. The molecule has 1 aromatic carbocycles. The quantitative estimate of drug-likeness (QED) is 0.469. The van der Waals surface area contributed by atoms with Gasteiger partial charge in [0.05, 0.1) is 18.2 Å². The third-order valence-corrected chi connectivity index (χ3v) is 6.76. The lowest BCUT2D eigenvalue weighted by Gasteiger charge is -2.33. The van der Waals surface area contributed by atoms with Crippen LogP contribution in [0.2, 0.25) is 0 Å². The molecule has 2 aromatic heterocycles. The van der Waals surface area contributed by atoms with Gasteiger partial charge in [-0.3, -0.25) is 9.48 Å². The molecule has 0 saturated carbocycles. The van der Waals surface area contributed by atoms with Crippen LogP contribution in [0.3, 0.4) is 0 Å². The number of nitriles is 1. The zero-order valence-corrected chi connectivity index (χ0v) is 23.1. The minimum absolute atomic E-state index is 0.225. The molecule has 0 radical (unpaired) electrons. The van der Waals surface area contributed by atoms with Gasteiger partial charge in [0.2, 0.25) is 0 Å². The summed E-state index contributed by atoms with van der Waals surface area (Å²) in [6.45, 7) is 13.8. The minimum atomic E-state index is -0.511. The summed E-state index contributed by atoms with van der Waals surface area (Å²) >= 11 is 0. The molecular weight excluding hydrogens is 482 g/mol. The Hall–Kier alpha value is -3.80. The van der Waals surface area contributed by atoms with E-state index in [0.29, 0.717) is 37.4 Å². The number of hydrogen-bond acceptors (Lipinski definition) is 6. The molecule has 0 unspecified atom stereocenters. The molecular formula is C29H37N5O4. The van der Waals surface area contributed by atoms with Gasteiger partial charge in [-0.15, -0.1) is 0 Å². The Labute approximate surface area is 223 Å². The molecule has 4 rings (SSSR count). The van der Waals surface area contributed by atoms with Crippen LogP contribution in [0, 0.1) is 24.2 Å². The summed E-state index contributed by atoms with van der Waals surface area (Å²) in [7, 11) is 0. The van der Waals surface area contributed by atoms with Gasteiger partial charge in [0.25, 0.3) is 5.91 Å². The van der Waals surface area contributed by atoms with Gasteiger partial charge in [-0.1, -0.05) is 13.8 Å². The van der Waals surface area contributed by atoms with Crippen molar-refractivity contribution >= 4 is 23.0 Å². The maximum atomic E-state index is 12.9. The number of carbonyl (C=O) groups excluding carboxylic acids is 2. The van der Waals surface area contributed by atoms with E-state index in [1.54, 1.807) is 15.6 Å². The number of carbonyl (C=O) groups is 2. The van der Waals surface area contributed by atoms with E-state index in [4.69, 9.17) is 9.15 Å². The van der Waals surface area contributed by atoms with Crippen molar-refractivity contribution in [3.8, 4) is 6.07 Å². The van der Waals surface area contributed by atoms with E-state index in [-0.39, 0.29) is 23.8 Å². The lowest BCUT2D eigenvalue weighted by molar-refractivity contribution is 0.0183. The number of nitrogens with one attached hydrogen (secondary N) is 1. The number of aromatic nitrogens is 2. The molecule has 3 heterocycles. The van der Waals surface area contributed by atoms with Crippen LogP contribution in [0.5, 0.6) is 0 Å². The van der Waals surface area contributed by atoms with Gasteiger partial charge in [-0.2, -0.15) is 10.4 Å². The average Bonchev–Trinajstić information content (AvgIpc) is 3.45. The van der Waals surface area contributed by atoms with Crippen LogP contribution in [0.1, 0.15) is 86.4 Å². The first-order valence-corrected chi connectivity index (χ1v) is 13.2. The summed E-state index contributed by atoms with van der Waals surface area (Å²) < 4.78 is 13.3. The molecule has 3 aromatic rings. The molecule has 9 nitrogen and oxygen atoms in total. The Morgan fingerprint density at radius 3 is 2.55 bits per heavy atom. The third-order valence-electron chi connectivity index (χ3n) is 6.76. The van der Waals surface area contributed by atoms with Gasteiger partial charge in [0.15, 0.2) is 0 Å². The fourth-order valence-electron chi connectivity index (χ4n) is 4.63. The lowest BCUT2D eigenvalue weighted by atomic mass is 9.97. The van der Waals surface area contributed by atoms with Gasteiger partial charge in [0, 0.05) is 42.2 Å². The van der Waals surface area contributed by atoms with E-state index in [0.717, 1.165) is 40.8 Å². The summed E-state index contributed by atoms with van der Waals surface area (Å²) in [6.07, 6.45) is 1.33. The molecule has 1 aliphatic rings. The lowest BCUT2D eigenvalue weighted by Crippen LogP contribution is -2.43. The van der Waals surface area contributed by atoms with Crippen LogP contribution < -0.4 is 5.32 Å². The van der Waals surface area contributed by atoms with E-state index >= 15 is 0 Å². The number of rotatable bonds is 6. The third kappa shape index (κ3) is 6.36. The number of nitrogens with zero attached hydrogens (tertiary/aromatic N) is 4. The maximum absolute atomic E-state index is 12.9. The number of fused-ring (bicyclic) bond motifs is 1. The largest absolute Gasteiger partial charge is 0.460 e. The second-order valence-corrected chi connectivity index (χ2v) is 11.4. The summed E-state index contributed by atoms with van der Waals surface area (Å²) in [5, 5.41) is 18.0. The van der Waals surface area contributed by atoms with Crippen LogP contribution in [0.4, 0.5) is 4.79 Å². The number of piperidine rings is 1. The predicted octanol–water partition coefficient (Wildman–Crippen LogP) is 5.36. The molecule has 9 heteroatoms. The van der Waals surface area contributed by atoms with Crippen molar-refractivity contribution in [1.82, 2.24) is 20.0 Å². The molecule has 0 atom stereocenters. The Bertz CT molecular complexity index is 1360. The zero-order chi connectivity index (χ0) is 27.6. The molecule has 38 heavy (non-hydrogen) atoms. The highest BCUT2D eigenvalue weighted by Crippen LogP contribution is 2.29. The Morgan fingerprint density at radius 2 is 1.92 bits per heavy atom. The Morgan fingerprint density at radius 1 is 1.21 bits per heavy atom. The normalized spacial score (nSPS) is 14.6. The number of furan rings is 1. The fraction of sp³-hybridized carbons (Fsp3) is 0.517. The number of hydrogen-bond donors (Lipinski definition) is 1. The highest BCUT2D eigenvalue weighted by molar-refractivity contribution is 5.92. The summed E-state index contributed by atoms with van der Waals surface area (Å²) in [5.74, 6) is 1.16. The van der Waals surface area contributed by atoms with Gasteiger partial charge >= 0.3 is 6.09 Å². The first-order valence-electron chi connectivity index (χ1n) is 13.2. The fourth-order valence-corrected chi connectivity index (χ4v) is 4.63. The molecule has 1 fully saturated rings. The zero-order valence-electron chi connectivity index (χ0n) is 23.1. The van der Waals surface area contributed by atoms with E-state index in [2.05, 4.69) is 30.3 Å². The number of likely N-dealkylation sites (tertiary alicyclic amines) is 1. The van der Waals surface area contributed by atoms with Crippen LogP contribution in [0.15, 0.2) is 28.7 Å². The van der Waals surface area contributed by atoms with Crippen molar-refractivity contribution in [2.45, 2.75) is 72.4 Å². The Kier molecular flexibility index (Phi) is 7.81. The molecule has 1 N–H and O–H groups in total. The van der Waals surface area contributed by atoms with Crippen molar-refractivity contribution in [3.63, 3.8) is 0 Å². The van der Waals surface area contributed by atoms with E-state index in [9.17, 15) is 14.9 Å². The molecule has 2 amide bonds. The molecule has 1 saturated heterocycles. The first-order chi connectivity index (χ1) is 17.9. The van der Waals surface area contributed by atoms with Crippen molar-refractivity contribution in [1.29, 1.82) is 5.26 Å². The second kappa shape index (κ2) is 10.9. The highest BCUT2D eigenvalue weighted by atomic mass is 16.6. The van der Waals surface area contributed by atoms with Crippen LogP contribution in [-0.2, 0) is 11.3 Å². The monoisotopic (exact) mass is 519 g/mol. The second-order valence-electron chi connectivity index (χ2n) is 11.4. The highest BCUT2D eigenvalue weighted by Gasteiger charge is 2.27. The topological polar surface area (TPSA) is 113 Å². The van der Waals surface area contributed by atoms with Crippen molar-refractivity contribution < 1.29 is 18.7 Å². The Balaban J connectivity index is 1.38. The van der Waals surface area contributed by atoms with Gasteiger partial charge < -0.3 is 19.4 Å².